The highest BCUT2D eigenvalue weighted by Crippen LogP contribution is 2.24. The largest absolute Gasteiger partial charge is 0.459 e. The molecule has 0 saturated heterocycles. The first-order chi connectivity index (χ1) is 11.6. The average molecular weight is 329 g/mol. The minimum atomic E-state index is -0.283. The van der Waals surface area contributed by atoms with Crippen molar-refractivity contribution >= 4 is 5.97 Å². The lowest BCUT2D eigenvalue weighted by Crippen LogP contribution is -2.29. The highest BCUT2D eigenvalue weighted by atomic mass is 16.5. The molecule has 1 heterocycles. The van der Waals surface area contributed by atoms with Crippen LogP contribution in [-0.4, -0.2) is 40.1 Å². The molecule has 1 aliphatic carbocycles. The molecule has 0 bridgehead atoms. The highest BCUT2D eigenvalue weighted by Gasteiger charge is 2.25. The van der Waals surface area contributed by atoms with Gasteiger partial charge in [0.15, 0.2) is 0 Å². The Labute approximate surface area is 141 Å². The second kappa shape index (κ2) is 7.13. The molecule has 1 fully saturated rings. The summed E-state index contributed by atoms with van der Waals surface area (Å²) in [6, 6.07) is 7.25. The first-order valence-electron chi connectivity index (χ1n) is 8.31. The zero-order valence-electron chi connectivity index (χ0n) is 14.4. The topological polar surface area (TPSA) is 66.2 Å². The molecule has 1 saturated carbocycles. The molecule has 128 valence electrons. The zero-order chi connectivity index (χ0) is 17.1. The van der Waals surface area contributed by atoms with Crippen LogP contribution in [0.1, 0.15) is 47.7 Å². The summed E-state index contributed by atoms with van der Waals surface area (Å²) < 4.78 is 12.8. The van der Waals surface area contributed by atoms with Crippen molar-refractivity contribution in [1.82, 2.24) is 14.8 Å². The molecule has 1 aromatic carbocycles. The lowest BCUT2D eigenvalue weighted by atomic mass is 9.95. The molecule has 3 rings (SSSR count). The summed E-state index contributed by atoms with van der Waals surface area (Å²) in [6.45, 7) is 3.75. The molecule has 6 heteroatoms. The van der Waals surface area contributed by atoms with E-state index in [1.807, 2.05) is 26.0 Å². The van der Waals surface area contributed by atoms with Crippen molar-refractivity contribution in [1.29, 1.82) is 0 Å². The molecule has 0 unspecified atom stereocenters. The predicted octanol–water partition coefficient (Wildman–Crippen LogP) is 3.00. The van der Waals surface area contributed by atoms with Gasteiger partial charge >= 0.3 is 5.97 Å². The molecule has 0 spiro atoms. The fraction of sp³-hybridized carbons (Fsp3) is 0.500. The van der Waals surface area contributed by atoms with Gasteiger partial charge < -0.3 is 9.47 Å². The summed E-state index contributed by atoms with van der Waals surface area (Å²) in [6.07, 6.45) is 3.88. The van der Waals surface area contributed by atoms with Gasteiger partial charge in [-0.05, 0) is 57.4 Å². The fourth-order valence-electron chi connectivity index (χ4n) is 3.15. The zero-order valence-corrected chi connectivity index (χ0v) is 14.4. The highest BCUT2D eigenvalue weighted by molar-refractivity contribution is 5.89. The Balaban J connectivity index is 1.67. The SMILES string of the molecule is CO[C@@H]1CCC[C@H](OC(=O)c2ccc(-n3nc(C)nc3C)cc2)C1. The Kier molecular flexibility index (Phi) is 4.94. The lowest BCUT2D eigenvalue weighted by molar-refractivity contribution is -0.0149. The van der Waals surface area contributed by atoms with Crippen LogP contribution in [0.3, 0.4) is 0 Å². The second-order valence-corrected chi connectivity index (χ2v) is 6.22. The Morgan fingerprint density at radius 1 is 1.17 bits per heavy atom. The number of esters is 1. The number of aryl methyl sites for hydroxylation is 2. The maximum Gasteiger partial charge on any atom is 0.338 e. The van der Waals surface area contributed by atoms with Crippen LogP contribution in [0.2, 0.25) is 0 Å². The fourth-order valence-corrected chi connectivity index (χ4v) is 3.15. The standard InChI is InChI=1S/C18H23N3O3/c1-12-19-13(2)21(20-12)15-9-7-14(8-10-15)18(22)24-17-6-4-5-16(11-17)23-3/h7-10,16-17H,4-6,11H2,1-3H3/t16-,17+/m1/s1. The van der Waals surface area contributed by atoms with E-state index in [1.54, 1.807) is 23.9 Å². The molecular weight excluding hydrogens is 306 g/mol. The van der Waals surface area contributed by atoms with Crippen LogP contribution in [0, 0.1) is 13.8 Å². The molecule has 0 radical (unpaired) electrons. The Bertz CT molecular complexity index is 709. The predicted molar refractivity (Wildman–Crippen MR) is 89.3 cm³/mol. The summed E-state index contributed by atoms with van der Waals surface area (Å²) in [5, 5.41) is 4.34. The smallest absolute Gasteiger partial charge is 0.338 e. The van der Waals surface area contributed by atoms with E-state index in [1.165, 1.54) is 0 Å². The molecule has 24 heavy (non-hydrogen) atoms. The Morgan fingerprint density at radius 3 is 2.50 bits per heavy atom. The third kappa shape index (κ3) is 3.64. The number of benzene rings is 1. The number of aromatic nitrogens is 3. The average Bonchev–Trinajstić information content (AvgIpc) is 2.93. The van der Waals surface area contributed by atoms with Gasteiger partial charge in [-0.25, -0.2) is 14.5 Å². The Hall–Kier alpha value is -2.21. The van der Waals surface area contributed by atoms with E-state index in [9.17, 15) is 4.79 Å². The van der Waals surface area contributed by atoms with Crippen molar-refractivity contribution in [3.05, 3.63) is 41.5 Å². The maximum atomic E-state index is 12.3. The van der Waals surface area contributed by atoms with Crippen LogP contribution in [0.4, 0.5) is 0 Å². The minimum absolute atomic E-state index is 0.0592. The van der Waals surface area contributed by atoms with Gasteiger partial charge in [-0.2, -0.15) is 5.10 Å². The Morgan fingerprint density at radius 2 is 1.88 bits per heavy atom. The summed E-state index contributed by atoms with van der Waals surface area (Å²) >= 11 is 0. The first kappa shape index (κ1) is 16.6. The van der Waals surface area contributed by atoms with Crippen molar-refractivity contribution in [3.8, 4) is 5.69 Å². The molecule has 0 N–H and O–H groups in total. The van der Waals surface area contributed by atoms with E-state index < -0.39 is 0 Å². The molecule has 6 nitrogen and oxygen atoms in total. The van der Waals surface area contributed by atoms with Crippen LogP contribution >= 0.6 is 0 Å². The lowest BCUT2D eigenvalue weighted by Gasteiger charge is -2.27. The van der Waals surface area contributed by atoms with Crippen molar-refractivity contribution in [2.45, 2.75) is 51.7 Å². The monoisotopic (exact) mass is 329 g/mol. The third-order valence-corrected chi connectivity index (χ3v) is 4.41. The van der Waals surface area contributed by atoms with Crippen LogP contribution in [0.5, 0.6) is 0 Å². The molecule has 2 atom stereocenters. The number of carbonyl (C=O) groups excluding carboxylic acids is 1. The van der Waals surface area contributed by atoms with Gasteiger partial charge in [0.2, 0.25) is 0 Å². The van der Waals surface area contributed by atoms with Gasteiger partial charge in [-0.3, -0.25) is 0 Å². The van der Waals surface area contributed by atoms with Crippen molar-refractivity contribution in [2.24, 2.45) is 0 Å². The van der Waals surface area contributed by atoms with Crippen molar-refractivity contribution < 1.29 is 14.3 Å². The first-order valence-corrected chi connectivity index (χ1v) is 8.31. The van der Waals surface area contributed by atoms with Gasteiger partial charge in [-0.1, -0.05) is 0 Å². The third-order valence-electron chi connectivity index (χ3n) is 4.41. The molecule has 1 aliphatic rings. The van der Waals surface area contributed by atoms with Gasteiger partial charge in [0, 0.05) is 13.5 Å². The second-order valence-electron chi connectivity index (χ2n) is 6.22. The van der Waals surface area contributed by atoms with Gasteiger partial charge in [0.1, 0.15) is 17.8 Å². The summed E-state index contributed by atoms with van der Waals surface area (Å²) in [7, 11) is 1.71. The van der Waals surface area contributed by atoms with E-state index in [-0.39, 0.29) is 18.2 Å². The van der Waals surface area contributed by atoms with E-state index in [2.05, 4.69) is 10.1 Å². The van der Waals surface area contributed by atoms with E-state index in [4.69, 9.17) is 9.47 Å². The molecular formula is C18H23N3O3. The van der Waals surface area contributed by atoms with Crippen LogP contribution in [-0.2, 0) is 9.47 Å². The van der Waals surface area contributed by atoms with Crippen LogP contribution in [0.15, 0.2) is 24.3 Å². The van der Waals surface area contributed by atoms with E-state index in [0.717, 1.165) is 43.0 Å². The normalized spacial score (nSPS) is 20.8. The van der Waals surface area contributed by atoms with Gasteiger partial charge in [-0.15, -0.1) is 0 Å². The number of carbonyl (C=O) groups is 1. The number of nitrogens with zero attached hydrogens (tertiary/aromatic N) is 3. The number of ether oxygens (including phenoxy) is 2. The molecule has 2 aromatic rings. The molecule has 0 amide bonds. The number of methoxy groups -OCH3 is 1. The summed E-state index contributed by atoms with van der Waals surface area (Å²) in [5.74, 6) is 1.26. The minimum Gasteiger partial charge on any atom is -0.459 e. The van der Waals surface area contributed by atoms with Crippen molar-refractivity contribution in [3.63, 3.8) is 0 Å². The summed E-state index contributed by atoms with van der Waals surface area (Å²) in [5.41, 5.74) is 1.43. The van der Waals surface area contributed by atoms with Crippen molar-refractivity contribution in [2.75, 3.05) is 7.11 Å². The van der Waals surface area contributed by atoms with E-state index >= 15 is 0 Å². The van der Waals surface area contributed by atoms with Gasteiger partial charge in [0.25, 0.3) is 0 Å². The van der Waals surface area contributed by atoms with E-state index in [0.29, 0.717) is 5.56 Å². The molecule has 0 aliphatic heterocycles. The van der Waals surface area contributed by atoms with Crippen LogP contribution in [0.25, 0.3) is 5.69 Å². The number of hydrogen-bond acceptors (Lipinski definition) is 5. The molecule has 1 aromatic heterocycles. The quantitative estimate of drug-likeness (QED) is 0.807. The van der Waals surface area contributed by atoms with Crippen LogP contribution < -0.4 is 0 Å². The summed E-state index contributed by atoms with van der Waals surface area (Å²) in [4.78, 5) is 16.6. The number of rotatable bonds is 4. The number of hydrogen-bond donors (Lipinski definition) is 0. The van der Waals surface area contributed by atoms with Gasteiger partial charge in [0.05, 0.1) is 17.4 Å². The maximum absolute atomic E-state index is 12.3.